The molecule has 12 heteroatoms. The van der Waals surface area contributed by atoms with Crippen molar-refractivity contribution >= 4 is 68.2 Å². The highest BCUT2D eigenvalue weighted by molar-refractivity contribution is 6.32. The third-order valence-electron chi connectivity index (χ3n) is 5.28. The predicted octanol–water partition coefficient (Wildman–Crippen LogP) is 6.09. The lowest BCUT2D eigenvalue weighted by atomic mass is 10.2. The number of carbonyl (C=O) groups excluding carboxylic acids is 2. The van der Waals surface area contributed by atoms with Crippen LogP contribution in [0.1, 0.15) is 12.8 Å². The Labute approximate surface area is 202 Å². The Morgan fingerprint density at radius 3 is 1.53 bits per heavy atom. The molecule has 2 amide bonds. The number of nitrogens with zero attached hydrogens (tertiary/aromatic N) is 6. The summed E-state index contributed by atoms with van der Waals surface area (Å²) in [4.78, 5) is 24.3. The minimum Gasteiger partial charge on any atom is -0.493 e. The van der Waals surface area contributed by atoms with Crippen LogP contribution < -0.4 is 0 Å². The number of halogens is 2. The first-order valence-electron chi connectivity index (χ1n) is 10.00. The van der Waals surface area contributed by atoms with Gasteiger partial charge in [-0.25, -0.2) is 0 Å². The second-order valence-electron chi connectivity index (χ2n) is 7.47. The number of azo groups is 2. The maximum atomic E-state index is 12.1. The van der Waals surface area contributed by atoms with Crippen molar-refractivity contribution in [1.82, 2.24) is 9.13 Å². The largest absolute Gasteiger partial charge is 0.493 e. The van der Waals surface area contributed by atoms with E-state index in [1.807, 2.05) is 0 Å². The normalized spacial score (nSPS) is 12.0. The van der Waals surface area contributed by atoms with Crippen LogP contribution >= 0.6 is 23.2 Å². The molecule has 0 saturated heterocycles. The number of rotatable bonds is 5. The zero-order valence-electron chi connectivity index (χ0n) is 18.0. The number of benzene rings is 2. The van der Waals surface area contributed by atoms with Gasteiger partial charge in [-0.05, 0) is 36.4 Å². The molecule has 2 aromatic heterocycles. The molecule has 0 aliphatic carbocycles. The zero-order valence-corrected chi connectivity index (χ0v) is 19.5. The number of amides is 2. The zero-order chi connectivity index (χ0) is 24.6. The lowest BCUT2D eigenvalue weighted by Gasteiger charge is -1.96. The van der Waals surface area contributed by atoms with Crippen molar-refractivity contribution in [2.45, 2.75) is 12.8 Å². The van der Waals surface area contributed by atoms with Crippen molar-refractivity contribution in [3.05, 3.63) is 46.4 Å². The maximum Gasteiger partial charge on any atom is 0.265 e. The Kier molecular flexibility index (Phi) is 6.36. The fourth-order valence-corrected chi connectivity index (χ4v) is 3.83. The summed E-state index contributed by atoms with van der Waals surface area (Å²) < 4.78 is 2.98. The van der Waals surface area contributed by atoms with E-state index in [1.165, 1.54) is 9.13 Å². The standard InChI is InChI=1S/C22H18Cl2N6O4/c1-29-15-5-3-11(23)9-13(15)19(21(29)33)27-25-17(31)7-8-18(32)26-28-20-14-10-12(24)4-6-16(14)30(2)22(20)34/h3-6,9-10,33-34H,7-8H2,1-2H3. The van der Waals surface area contributed by atoms with Crippen molar-refractivity contribution in [2.24, 2.45) is 34.6 Å². The highest BCUT2D eigenvalue weighted by atomic mass is 35.5. The second kappa shape index (κ2) is 9.24. The topological polar surface area (TPSA) is 134 Å². The lowest BCUT2D eigenvalue weighted by Crippen LogP contribution is -1.98. The van der Waals surface area contributed by atoms with Gasteiger partial charge in [0.2, 0.25) is 11.8 Å². The third kappa shape index (κ3) is 4.37. The van der Waals surface area contributed by atoms with Gasteiger partial charge in [0.1, 0.15) is 0 Å². The smallest absolute Gasteiger partial charge is 0.265 e. The number of aryl methyl sites for hydroxylation is 2. The van der Waals surface area contributed by atoms with Gasteiger partial charge in [0.05, 0.1) is 11.0 Å². The van der Waals surface area contributed by atoms with Crippen molar-refractivity contribution in [2.75, 3.05) is 0 Å². The molecule has 0 unspecified atom stereocenters. The van der Waals surface area contributed by atoms with Crippen LogP contribution in [-0.4, -0.2) is 31.2 Å². The summed E-state index contributed by atoms with van der Waals surface area (Å²) in [7, 11) is 3.27. The van der Waals surface area contributed by atoms with E-state index in [0.717, 1.165) is 0 Å². The molecule has 4 aromatic rings. The van der Waals surface area contributed by atoms with Crippen LogP contribution in [0.5, 0.6) is 11.8 Å². The molecule has 10 nitrogen and oxygen atoms in total. The fourth-order valence-electron chi connectivity index (χ4n) is 3.49. The fraction of sp³-hybridized carbons (Fsp3) is 0.182. The molecule has 2 aromatic carbocycles. The average Bonchev–Trinajstić information content (AvgIpc) is 3.18. The first-order valence-corrected chi connectivity index (χ1v) is 10.8. The highest BCUT2D eigenvalue weighted by Gasteiger charge is 2.17. The monoisotopic (exact) mass is 500 g/mol. The van der Waals surface area contributed by atoms with E-state index in [4.69, 9.17) is 23.2 Å². The summed E-state index contributed by atoms with van der Waals surface area (Å²) >= 11 is 12.0. The van der Waals surface area contributed by atoms with E-state index in [-0.39, 0.29) is 36.0 Å². The average molecular weight is 501 g/mol. The van der Waals surface area contributed by atoms with Crippen LogP contribution in [0.15, 0.2) is 56.9 Å². The Balaban J connectivity index is 1.44. The van der Waals surface area contributed by atoms with E-state index < -0.39 is 11.8 Å². The van der Waals surface area contributed by atoms with Gasteiger partial charge >= 0.3 is 0 Å². The number of aromatic hydroxyl groups is 2. The van der Waals surface area contributed by atoms with Crippen molar-refractivity contribution in [3.8, 4) is 11.8 Å². The SMILES string of the molecule is Cn1c(O)c(N=NC(=O)CCC(=O)N=Nc2c(O)n(C)c3ccc(Cl)cc23)c2cc(Cl)ccc21. The molecule has 34 heavy (non-hydrogen) atoms. The number of carbonyl (C=O) groups is 2. The molecule has 0 atom stereocenters. The van der Waals surface area contributed by atoms with Crippen molar-refractivity contribution < 1.29 is 19.8 Å². The van der Waals surface area contributed by atoms with Gasteiger partial charge in [0.25, 0.3) is 11.8 Å². The van der Waals surface area contributed by atoms with E-state index >= 15 is 0 Å². The van der Waals surface area contributed by atoms with Crippen molar-refractivity contribution in [3.63, 3.8) is 0 Å². The molecule has 2 heterocycles. The highest BCUT2D eigenvalue weighted by Crippen LogP contribution is 2.40. The number of fused-ring (bicyclic) bond motifs is 2. The van der Waals surface area contributed by atoms with Crippen molar-refractivity contribution in [1.29, 1.82) is 0 Å². The molecule has 0 fully saturated rings. The number of hydrogen-bond acceptors (Lipinski definition) is 6. The van der Waals surface area contributed by atoms with E-state index in [0.29, 0.717) is 31.9 Å². The van der Waals surface area contributed by atoms with Crippen LogP contribution in [0.2, 0.25) is 10.0 Å². The summed E-state index contributed by atoms with van der Waals surface area (Å²) in [6.45, 7) is 0. The predicted molar refractivity (Wildman–Crippen MR) is 127 cm³/mol. The minimum absolute atomic E-state index is 0.101. The van der Waals surface area contributed by atoms with Gasteiger partial charge in [-0.1, -0.05) is 23.2 Å². The summed E-state index contributed by atoms with van der Waals surface area (Å²) in [5, 5.41) is 37.4. The molecule has 0 radical (unpaired) electrons. The van der Waals surface area contributed by atoms with Crippen LogP contribution in [0.4, 0.5) is 11.4 Å². The van der Waals surface area contributed by atoms with E-state index in [2.05, 4.69) is 20.5 Å². The second-order valence-corrected chi connectivity index (χ2v) is 8.35. The number of aromatic nitrogens is 2. The van der Waals surface area contributed by atoms with Crippen LogP contribution in [0.25, 0.3) is 21.8 Å². The molecule has 2 N–H and O–H groups in total. The number of hydrogen-bond donors (Lipinski definition) is 2. The lowest BCUT2D eigenvalue weighted by molar-refractivity contribution is -0.123. The first kappa shape index (κ1) is 23.4. The van der Waals surface area contributed by atoms with Crippen LogP contribution in [-0.2, 0) is 23.7 Å². The molecule has 4 rings (SSSR count). The summed E-state index contributed by atoms with van der Waals surface area (Å²) in [5.41, 5.74) is 1.53. The molecular weight excluding hydrogens is 483 g/mol. The Morgan fingerprint density at radius 1 is 0.765 bits per heavy atom. The Bertz CT molecular complexity index is 1410. The molecule has 0 aliphatic heterocycles. The summed E-state index contributed by atoms with van der Waals surface area (Å²) in [5.74, 6) is -1.70. The summed E-state index contributed by atoms with van der Waals surface area (Å²) in [6, 6.07) is 9.97. The maximum absolute atomic E-state index is 12.1. The Hall–Kier alpha value is -3.76. The molecule has 174 valence electrons. The van der Waals surface area contributed by atoms with Gasteiger partial charge < -0.3 is 19.3 Å². The molecule has 0 bridgehead atoms. The molecular formula is C22H18Cl2N6O4. The van der Waals surface area contributed by atoms with Gasteiger partial charge in [-0.3, -0.25) is 9.59 Å². The van der Waals surface area contributed by atoms with Gasteiger partial charge in [0, 0.05) is 47.8 Å². The van der Waals surface area contributed by atoms with Gasteiger partial charge in [0.15, 0.2) is 11.4 Å². The van der Waals surface area contributed by atoms with E-state index in [1.54, 1.807) is 50.5 Å². The van der Waals surface area contributed by atoms with Crippen LogP contribution in [0.3, 0.4) is 0 Å². The molecule has 0 saturated carbocycles. The quantitative estimate of drug-likeness (QED) is 0.320. The molecule has 0 spiro atoms. The summed E-state index contributed by atoms with van der Waals surface area (Å²) in [6.07, 6.45) is -0.526. The third-order valence-corrected chi connectivity index (χ3v) is 5.76. The van der Waals surface area contributed by atoms with Crippen LogP contribution in [0, 0.1) is 0 Å². The first-order chi connectivity index (χ1) is 16.2. The minimum atomic E-state index is -0.679. The van der Waals surface area contributed by atoms with Gasteiger partial charge in [-0.2, -0.15) is 0 Å². The van der Waals surface area contributed by atoms with Gasteiger partial charge in [-0.15, -0.1) is 20.5 Å². The Morgan fingerprint density at radius 2 is 1.15 bits per heavy atom. The molecule has 0 aliphatic rings. The van der Waals surface area contributed by atoms with E-state index in [9.17, 15) is 19.8 Å².